The number of rotatable bonds is 3. The lowest BCUT2D eigenvalue weighted by Gasteiger charge is -2.38. The number of carbonyl (C=O) groups is 2. The molecule has 0 aliphatic carbocycles. The van der Waals surface area contributed by atoms with Crippen LogP contribution in [0, 0.1) is 0 Å². The maximum absolute atomic E-state index is 13.2. The van der Waals surface area contributed by atoms with Gasteiger partial charge in [-0.25, -0.2) is 13.8 Å². The lowest BCUT2D eigenvalue weighted by atomic mass is 9.96. The average molecular weight is 493 g/mol. The van der Waals surface area contributed by atoms with Crippen LogP contribution in [0.4, 0.5) is 0 Å². The fraction of sp³-hybridized carbons (Fsp3) is 0.304. The molecule has 33 heavy (non-hydrogen) atoms. The summed E-state index contributed by atoms with van der Waals surface area (Å²) in [5.41, 5.74) is 1.97. The highest BCUT2D eigenvalue weighted by molar-refractivity contribution is 7.85. The Morgan fingerprint density at radius 2 is 1.67 bits per heavy atom. The summed E-state index contributed by atoms with van der Waals surface area (Å²) in [4.78, 5) is 25.1. The number of phenolic OH excluding ortho intramolecular Hbond substituents is 1. The van der Waals surface area contributed by atoms with Gasteiger partial charge in [0.25, 0.3) is 0 Å². The number of aliphatic carboxylic acids is 2. The molecule has 2 aromatic rings. The van der Waals surface area contributed by atoms with E-state index in [-0.39, 0.29) is 11.8 Å². The minimum atomic E-state index is -1.41. The van der Waals surface area contributed by atoms with Gasteiger partial charge in [0.15, 0.2) is 0 Å². The Kier molecular flexibility index (Phi) is 8.25. The third-order valence-corrected chi connectivity index (χ3v) is 7.37. The van der Waals surface area contributed by atoms with E-state index < -0.39 is 22.7 Å². The molecule has 2 aliphatic heterocycles. The summed E-state index contributed by atoms with van der Waals surface area (Å²) in [7, 11) is 0.725. The zero-order valence-electron chi connectivity index (χ0n) is 18.0. The third-order valence-electron chi connectivity index (χ3n) is 5.54. The van der Waals surface area contributed by atoms with Crippen molar-refractivity contribution in [3.05, 3.63) is 64.7 Å². The first-order valence-corrected chi connectivity index (χ1v) is 11.8. The highest BCUT2D eigenvalue weighted by Crippen LogP contribution is 2.42. The fourth-order valence-electron chi connectivity index (χ4n) is 3.93. The minimum absolute atomic E-state index is 0.0247. The summed E-state index contributed by atoms with van der Waals surface area (Å²) in [5, 5.41) is 26.6. The first-order chi connectivity index (χ1) is 15.7. The van der Waals surface area contributed by atoms with Gasteiger partial charge in [0.05, 0.1) is 15.7 Å². The van der Waals surface area contributed by atoms with Crippen LogP contribution in [0.5, 0.6) is 5.75 Å². The summed E-state index contributed by atoms with van der Waals surface area (Å²) in [6, 6.07) is 11.3. The van der Waals surface area contributed by atoms with Gasteiger partial charge in [-0.15, -0.1) is 0 Å². The first-order valence-electron chi connectivity index (χ1n) is 10.3. The Balaban J connectivity index is 0.000000331. The van der Waals surface area contributed by atoms with E-state index in [9.17, 15) is 18.9 Å². The molecule has 1 saturated heterocycles. The second-order valence-corrected chi connectivity index (χ2v) is 9.61. The van der Waals surface area contributed by atoms with Gasteiger partial charge in [0.1, 0.15) is 5.75 Å². The van der Waals surface area contributed by atoms with Crippen LogP contribution >= 0.6 is 11.6 Å². The van der Waals surface area contributed by atoms with Crippen LogP contribution in [-0.4, -0.2) is 74.5 Å². The molecule has 176 valence electrons. The first kappa shape index (κ1) is 24.9. The van der Waals surface area contributed by atoms with Crippen molar-refractivity contribution in [2.45, 2.75) is 22.3 Å². The molecule has 2 unspecified atom stereocenters. The molecule has 2 heterocycles. The Bertz CT molecular complexity index is 1080. The van der Waals surface area contributed by atoms with Crippen molar-refractivity contribution in [2.24, 2.45) is 0 Å². The van der Waals surface area contributed by atoms with E-state index in [0.29, 0.717) is 22.1 Å². The molecular formula is C23H25ClN2O6S. The average Bonchev–Trinajstić information content (AvgIpc) is 2.88. The molecule has 0 amide bonds. The number of fused-ring (bicyclic) bond motifs is 2. The van der Waals surface area contributed by atoms with Crippen molar-refractivity contribution in [2.75, 3.05) is 33.2 Å². The van der Waals surface area contributed by atoms with Crippen molar-refractivity contribution in [3.63, 3.8) is 0 Å². The van der Waals surface area contributed by atoms with Crippen molar-refractivity contribution in [3.8, 4) is 5.75 Å². The van der Waals surface area contributed by atoms with Gasteiger partial charge in [-0.3, -0.25) is 4.90 Å². The SMILES string of the molecule is CN1CCN(C2Cc3ccccc3S(=O)c3c(O)cc(Cl)cc32)CC1.O=C(O)/C=C\C(=O)O. The largest absolute Gasteiger partial charge is 0.507 e. The number of hydrogen-bond acceptors (Lipinski definition) is 6. The zero-order valence-corrected chi connectivity index (χ0v) is 19.6. The van der Waals surface area contributed by atoms with Crippen molar-refractivity contribution in [1.82, 2.24) is 9.80 Å². The third kappa shape index (κ3) is 6.20. The van der Waals surface area contributed by atoms with Gasteiger partial charge < -0.3 is 20.2 Å². The van der Waals surface area contributed by atoms with Crippen LogP contribution in [-0.2, 0) is 26.8 Å². The Hall–Kier alpha value is -2.72. The molecule has 0 radical (unpaired) electrons. The molecule has 1 fully saturated rings. The number of phenols is 1. The topological polar surface area (TPSA) is 118 Å². The number of nitrogens with zero attached hydrogens (tertiary/aromatic N) is 2. The minimum Gasteiger partial charge on any atom is -0.507 e. The highest BCUT2D eigenvalue weighted by Gasteiger charge is 2.33. The molecule has 0 saturated carbocycles. The van der Waals surface area contributed by atoms with Crippen LogP contribution in [0.1, 0.15) is 17.2 Å². The van der Waals surface area contributed by atoms with E-state index in [2.05, 4.69) is 16.8 Å². The normalized spacial score (nSPS) is 20.8. The molecule has 8 nitrogen and oxygen atoms in total. The highest BCUT2D eigenvalue weighted by atomic mass is 35.5. The number of halogens is 1. The van der Waals surface area contributed by atoms with Gasteiger partial charge in [0.2, 0.25) is 0 Å². The maximum atomic E-state index is 13.2. The number of piperazine rings is 1. The predicted octanol–water partition coefficient (Wildman–Crippen LogP) is 2.77. The summed E-state index contributed by atoms with van der Waals surface area (Å²) >= 11 is 6.24. The Labute approximate surface area is 199 Å². The van der Waals surface area contributed by atoms with Crippen LogP contribution in [0.25, 0.3) is 0 Å². The van der Waals surface area contributed by atoms with Crippen molar-refractivity contribution >= 4 is 34.3 Å². The quantitative estimate of drug-likeness (QED) is 0.560. The van der Waals surface area contributed by atoms with E-state index in [1.165, 1.54) is 6.07 Å². The lowest BCUT2D eigenvalue weighted by molar-refractivity contribution is -0.134. The van der Waals surface area contributed by atoms with Crippen molar-refractivity contribution in [1.29, 1.82) is 0 Å². The van der Waals surface area contributed by atoms with Gasteiger partial charge in [-0.2, -0.15) is 0 Å². The molecular weight excluding hydrogens is 468 g/mol. The standard InChI is InChI=1S/C19H21ClN2O2S.C4H4O4/c1-21-6-8-22(9-7-21)16-10-13-4-2-3-5-18(13)25(24)19-15(16)11-14(20)12-17(19)23;5-3(6)1-2-4(7)8/h2-5,11-12,16,23H,6-10H2,1H3;1-2H,(H,5,6)(H,7,8)/b;2-1-. The molecule has 2 aromatic carbocycles. The zero-order chi connectivity index (χ0) is 24.1. The number of likely N-dealkylation sites (N-methyl/N-ethyl adjacent to an activating group) is 1. The van der Waals surface area contributed by atoms with Crippen molar-refractivity contribution < 1.29 is 29.1 Å². The molecule has 2 atom stereocenters. The summed E-state index contributed by atoms with van der Waals surface area (Å²) in [6.07, 6.45) is 1.89. The summed E-state index contributed by atoms with van der Waals surface area (Å²) in [6.45, 7) is 3.90. The molecule has 4 rings (SSSR count). The second kappa shape index (κ2) is 10.9. The van der Waals surface area contributed by atoms with Gasteiger partial charge in [0, 0.05) is 54.3 Å². The molecule has 3 N–H and O–H groups in total. The second-order valence-electron chi connectivity index (χ2n) is 7.79. The lowest BCUT2D eigenvalue weighted by Crippen LogP contribution is -2.46. The van der Waals surface area contributed by atoms with E-state index in [1.54, 1.807) is 0 Å². The van der Waals surface area contributed by atoms with Crippen LogP contribution in [0.2, 0.25) is 5.02 Å². The molecule has 0 bridgehead atoms. The van der Waals surface area contributed by atoms with Crippen LogP contribution in [0.15, 0.2) is 58.3 Å². The summed E-state index contributed by atoms with van der Waals surface area (Å²) < 4.78 is 13.2. The fourth-order valence-corrected chi connectivity index (χ4v) is 5.62. The Morgan fingerprint density at radius 3 is 2.27 bits per heavy atom. The van der Waals surface area contributed by atoms with Crippen LogP contribution in [0.3, 0.4) is 0 Å². The van der Waals surface area contributed by atoms with Gasteiger partial charge in [-0.1, -0.05) is 29.8 Å². The Morgan fingerprint density at radius 1 is 1.06 bits per heavy atom. The number of carboxylic acid groups (broad SMARTS) is 2. The smallest absolute Gasteiger partial charge is 0.328 e. The maximum Gasteiger partial charge on any atom is 0.328 e. The van der Waals surface area contributed by atoms with Gasteiger partial charge in [-0.05, 0) is 42.8 Å². The molecule has 0 aromatic heterocycles. The van der Waals surface area contributed by atoms with E-state index in [0.717, 1.165) is 48.6 Å². The molecule has 2 aliphatic rings. The monoisotopic (exact) mass is 492 g/mol. The predicted molar refractivity (Wildman–Crippen MR) is 124 cm³/mol. The summed E-state index contributed by atoms with van der Waals surface area (Å²) in [5.74, 6) is -2.49. The molecule has 0 spiro atoms. The van der Waals surface area contributed by atoms with E-state index in [4.69, 9.17) is 21.8 Å². The van der Waals surface area contributed by atoms with E-state index >= 15 is 0 Å². The van der Waals surface area contributed by atoms with E-state index in [1.807, 2.05) is 30.3 Å². The van der Waals surface area contributed by atoms with Gasteiger partial charge >= 0.3 is 11.9 Å². The van der Waals surface area contributed by atoms with Crippen LogP contribution < -0.4 is 0 Å². The number of aromatic hydroxyl groups is 1. The number of carboxylic acids is 2. The number of benzene rings is 2. The number of hydrogen-bond donors (Lipinski definition) is 3. The molecule has 10 heteroatoms.